The van der Waals surface area contributed by atoms with Crippen LogP contribution in [-0.2, 0) is 4.74 Å². The zero-order valence-electron chi connectivity index (χ0n) is 8.20. The minimum atomic E-state index is -0.163. The second-order valence-corrected chi connectivity index (χ2v) is 3.58. The van der Waals surface area contributed by atoms with Gasteiger partial charge in [0, 0.05) is 0 Å². The highest BCUT2D eigenvalue weighted by atomic mass is 16.6. The van der Waals surface area contributed by atoms with Gasteiger partial charge >= 0.3 is 6.09 Å². The highest BCUT2D eigenvalue weighted by Gasteiger charge is 2.49. The molecule has 1 heterocycles. The maximum Gasteiger partial charge on any atom is 0.410 e. The molecule has 0 saturated carbocycles. The first-order chi connectivity index (χ1) is 5.59. The fourth-order valence-corrected chi connectivity index (χ4v) is 1.74. The molecule has 70 valence electrons. The monoisotopic (exact) mass is 171 g/mol. The lowest BCUT2D eigenvalue weighted by Crippen LogP contribution is -2.17. The summed E-state index contributed by atoms with van der Waals surface area (Å²) in [5.41, 5.74) is 0. The van der Waals surface area contributed by atoms with Gasteiger partial charge in [-0.3, -0.25) is 4.90 Å². The molecule has 1 aliphatic heterocycles. The molecule has 0 radical (unpaired) electrons. The van der Waals surface area contributed by atoms with Crippen molar-refractivity contribution in [1.29, 1.82) is 0 Å². The maximum atomic E-state index is 11.2. The van der Waals surface area contributed by atoms with Gasteiger partial charge in [-0.2, -0.15) is 0 Å². The molecule has 1 fully saturated rings. The van der Waals surface area contributed by atoms with Crippen molar-refractivity contribution >= 4 is 6.09 Å². The molecule has 0 aromatic carbocycles. The van der Waals surface area contributed by atoms with Crippen LogP contribution < -0.4 is 0 Å². The average Bonchev–Trinajstić information content (AvgIpc) is 2.62. The van der Waals surface area contributed by atoms with Crippen LogP contribution in [0.4, 0.5) is 4.79 Å². The van der Waals surface area contributed by atoms with Gasteiger partial charge in [-0.05, 0) is 19.8 Å². The standard InChI is InChI=1S/C9H17NO2/c1-5-12-9(11)10-7(4)8(10)6(2)3/h6-8H,5H2,1-4H3. The lowest BCUT2D eigenvalue weighted by molar-refractivity contribution is 0.131. The molecule has 1 saturated heterocycles. The summed E-state index contributed by atoms with van der Waals surface area (Å²) >= 11 is 0. The van der Waals surface area contributed by atoms with E-state index in [4.69, 9.17) is 4.74 Å². The second kappa shape index (κ2) is 3.33. The van der Waals surface area contributed by atoms with E-state index >= 15 is 0 Å². The molecule has 2 atom stereocenters. The van der Waals surface area contributed by atoms with Crippen molar-refractivity contribution in [2.24, 2.45) is 5.92 Å². The molecule has 1 rings (SSSR count). The van der Waals surface area contributed by atoms with Crippen LogP contribution in [0.5, 0.6) is 0 Å². The number of hydrogen-bond acceptors (Lipinski definition) is 2. The van der Waals surface area contributed by atoms with E-state index < -0.39 is 0 Å². The van der Waals surface area contributed by atoms with Gasteiger partial charge in [0.25, 0.3) is 0 Å². The number of hydrogen-bond donors (Lipinski definition) is 0. The molecular weight excluding hydrogens is 154 g/mol. The molecule has 3 nitrogen and oxygen atoms in total. The third-order valence-corrected chi connectivity index (χ3v) is 2.33. The Morgan fingerprint density at radius 2 is 2.17 bits per heavy atom. The Hall–Kier alpha value is -0.730. The van der Waals surface area contributed by atoms with Gasteiger partial charge in [-0.25, -0.2) is 4.79 Å². The second-order valence-electron chi connectivity index (χ2n) is 3.58. The normalized spacial score (nSPS) is 27.6. The first-order valence-electron chi connectivity index (χ1n) is 4.54. The van der Waals surface area contributed by atoms with Crippen LogP contribution in [0.25, 0.3) is 0 Å². The molecule has 0 aromatic heterocycles. The number of carbonyl (C=O) groups is 1. The van der Waals surface area contributed by atoms with Crippen LogP contribution in [0.1, 0.15) is 27.7 Å². The summed E-state index contributed by atoms with van der Waals surface area (Å²) in [5.74, 6) is 0.532. The zero-order valence-corrected chi connectivity index (χ0v) is 8.20. The Balaban J connectivity index is 2.42. The van der Waals surface area contributed by atoms with E-state index in [-0.39, 0.29) is 6.09 Å². The molecule has 1 aliphatic rings. The van der Waals surface area contributed by atoms with Crippen LogP contribution in [-0.4, -0.2) is 29.7 Å². The van der Waals surface area contributed by atoms with E-state index in [1.165, 1.54) is 0 Å². The molecule has 0 N–H and O–H groups in total. The SMILES string of the molecule is CCOC(=O)N1C(C)C1C(C)C. The van der Waals surface area contributed by atoms with Gasteiger partial charge in [0.1, 0.15) is 0 Å². The van der Waals surface area contributed by atoms with Crippen LogP contribution in [0.3, 0.4) is 0 Å². The molecule has 0 aromatic rings. The Morgan fingerprint density at radius 3 is 2.50 bits per heavy atom. The van der Waals surface area contributed by atoms with E-state index in [0.717, 1.165) is 0 Å². The van der Waals surface area contributed by atoms with E-state index in [1.807, 2.05) is 6.92 Å². The molecule has 2 unspecified atom stereocenters. The Kier molecular flexibility index (Phi) is 2.60. The van der Waals surface area contributed by atoms with Gasteiger partial charge in [0.15, 0.2) is 0 Å². The summed E-state index contributed by atoms with van der Waals surface area (Å²) in [6.07, 6.45) is -0.163. The summed E-state index contributed by atoms with van der Waals surface area (Å²) in [6, 6.07) is 0.757. The fourth-order valence-electron chi connectivity index (χ4n) is 1.74. The van der Waals surface area contributed by atoms with Crippen LogP contribution >= 0.6 is 0 Å². The third-order valence-electron chi connectivity index (χ3n) is 2.33. The van der Waals surface area contributed by atoms with Crippen LogP contribution in [0.2, 0.25) is 0 Å². The molecule has 0 bridgehead atoms. The summed E-state index contributed by atoms with van der Waals surface area (Å²) in [7, 11) is 0. The lowest BCUT2D eigenvalue weighted by Gasteiger charge is -2.05. The smallest absolute Gasteiger partial charge is 0.410 e. The van der Waals surface area contributed by atoms with Crippen molar-refractivity contribution in [2.75, 3.05) is 6.61 Å². The number of amides is 1. The van der Waals surface area contributed by atoms with Gasteiger partial charge in [0.05, 0.1) is 18.7 Å². The molecule has 0 spiro atoms. The highest BCUT2D eigenvalue weighted by Crippen LogP contribution is 2.34. The molecule has 1 amide bonds. The number of carbonyl (C=O) groups excluding carboxylic acids is 1. The minimum absolute atomic E-state index is 0.163. The van der Waals surface area contributed by atoms with Crippen molar-refractivity contribution in [2.45, 2.75) is 39.8 Å². The predicted molar refractivity (Wildman–Crippen MR) is 46.9 cm³/mol. The number of nitrogens with zero attached hydrogens (tertiary/aromatic N) is 1. The largest absolute Gasteiger partial charge is 0.450 e. The summed E-state index contributed by atoms with van der Waals surface area (Å²) in [5, 5.41) is 0. The van der Waals surface area contributed by atoms with E-state index in [1.54, 1.807) is 4.90 Å². The number of ether oxygens (including phenoxy) is 1. The van der Waals surface area contributed by atoms with E-state index in [0.29, 0.717) is 24.6 Å². The quantitative estimate of drug-likeness (QED) is 0.593. The highest BCUT2D eigenvalue weighted by molar-refractivity contribution is 5.72. The van der Waals surface area contributed by atoms with E-state index in [2.05, 4.69) is 20.8 Å². The Labute approximate surface area is 73.7 Å². The first kappa shape index (κ1) is 9.36. The molecular formula is C9H17NO2. The van der Waals surface area contributed by atoms with Gasteiger partial charge in [0.2, 0.25) is 0 Å². The van der Waals surface area contributed by atoms with Gasteiger partial charge < -0.3 is 4.74 Å². The topological polar surface area (TPSA) is 29.3 Å². The summed E-state index contributed by atoms with van der Waals surface area (Å²) in [4.78, 5) is 13.0. The van der Waals surface area contributed by atoms with Crippen molar-refractivity contribution < 1.29 is 9.53 Å². The fraction of sp³-hybridized carbons (Fsp3) is 0.889. The summed E-state index contributed by atoms with van der Waals surface area (Å²) < 4.78 is 4.90. The summed E-state index contributed by atoms with van der Waals surface area (Å²) in [6.45, 7) is 8.60. The number of rotatable bonds is 2. The van der Waals surface area contributed by atoms with E-state index in [9.17, 15) is 4.79 Å². The van der Waals surface area contributed by atoms with Gasteiger partial charge in [-0.1, -0.05) is 13.8 Å². The Bertz CT molecular complexity index is 179. The van der Waals surface area contributed by atoms with Gasteiger partial charge in [-0.15, -0.1) is 0 Å². The minimum Gasteiger partial charge on any atom is -0.450 e. The average molecular weight is 171 g/mol. The Morgan fingerprint density at radius 1 is 1.58 bits per heavy atom. The maximum absolute atomic E-state index is 11.2. The molecule has 12 heavy (non-hydrogen) atoms. The molecule has 3 heteroatoms. The molecule has 0 aliphatic carbocycles. The van der Waals surface area contributed by atoms with Crippen molar-refractivity contribution in [3.05, 3.63) is 0 Å². The first-order valence-corrected chi connectivity index (χ1v) is 4.54. The lowest BCUT2D eigenvalue weighted by atomic mass is 10.1. The van der Waals surface area contributed by atoms with Crippen molar-refractivity contribution in [3.63, 3.8) is 0 Å². The van der Waals surface area contributed by atoms with Crippen LogP contribution in [0.15, 0.2) is 0 Å². The zero-order chi connectivity index (χ0) is 9.30. The van der Waals surface area contributed by atoms with Crippen molar-refractivity contribution in [1.82, 2.24) is 4.90 Å². The predicted octanol–water partition coefficient (Wildman–Crippen LogP) is 1.87. The van der Waals surface area contributed by atoms with Crippen LogP contribution in [0, 0.1) is 5.92 Å². The third kappa shape index (κ3) is 1.54. The van der Waals surface area contributed by atoms with Crippen molar-refractivity contribution in [3.8, 4) is 0 Å².